The Labute approximate surface area is 136 Å². The Morgan fingerprint density at radius 3 is 2.73 bits per heavy atom. The lowest BCUT2D eigenvalue weighted by Gasteiger charge is -2.21. The van der Waals surface area contributed by atoms with E-state index in [1.54, 1.807) is 24.3 Å². The summed E-state index contributed by atoms with van der Waals surface area (Å²) in [4.78, 5) is 12.0. The molecule has 1 aromatic carbocycles. The normalized spacial score (nSPS) is 17.7. The summed E-state index contributed by atoms with van der Waals surface area (Å²) in [7, 11) is 1.35. The van der Waals surface area contributed by atoms with Crippen molar-refractivity contribution in [1.29, 1.82) is 0 Å². The molecule has 0 bridgehead atoms. The monoisotopic (exact) mass is 322 g/mol. The number of halogens is 1. The SMILES string of the molecule is COC(=O)[C@@H](CC=C1CCCCC1)[C@H](O)c1cccc(Cl)c1. The van der Waals surface area contributed by atoms with Crippen molar-refractivity contribution in [2.24, 2.45) is 5.92 Å². The van der Waals surface area contributed by atoms with Crippen LogP contribution in [0.4, 0.5) is 0 Å². The van der Waals surface area contributed by atoms with E-state index in [9.17, 15) is 9.90 Å². The maximum atomic E-state index is 12.0. The van der Waals surface area contributed by atoms with E-state index < -0.39 is 12.0 Å². The fourth-order valence-corrected chi connectivity index (χ4v) is 3.13. The Morgan fingerprint density at radius 2 is 2.09 bits per heavy atom. The fourth-order valence-electron chi connectivity index (χ4n) is 2.93. The number of rotatable bonds is 5. The van der Waals surface area contributed by atoms with Crippen LogP contribution in [0.1, 0.15) is 50.2 Å². The fraction of sp³-hybridized carbons (Fsp3) is 0.500. The highest BCUT2D eigenvalue weighted by atomic mass is 35.5. The van der Waals surface area contributed by atoms with Gasteiger partial charge in [-0.15, -0.1) is 0 Å². The number of methoxy groups -OCH3 is 1. The van der Waals surface area contributed by atoms with Crippen molar-refractivity contribution in [3.63, 3.8) is 0 Å². The predicted octanol–water partition coefficient (Wildman–Crippen LogP) is 4.44. The molecule has 0 spiro atoms. The number of allylic oxidation sites excluding steroid dienone is 2. The standard InChI is InChI=1S/C18H23ClO3/c1-22-18(21)16(11-10-13-6-3-2-4-7-13)17(20)14-8-5-9-15(19)12-14/h5,8-10,12,16-17,20H,2-4,6-7,11H2,1H3/t16-,17+/m0/s1. The molecular weight excluding hydrogens is 300 g/mol. The third-order valence-corrected chi connectivity index (χ3v) is 4.47. The zero-order valence-electron chi connectivity index (χ0n) is 12.9. The molecule has 2 atom stereocenters. The maximum Gasteiger partial charge on any atom is 0.311 e. The molecule has 0 saturated heterocycles. The molecule has 1 aliphatic rings. The van der Waals surface area contributed by atoms with Crippen LogP contribution in [-0.4, -0.2) is 18.2 Å². The first-order valence-corrected chi connectivity index (χ1v) is 8.19. The highest BCUT2D eigenvalue weighted by Gasteiger charge is 2.28. The van der Waals surface area contributed by atoms with Gasteiger partial charge in [0.2, 0.25) is 0 Å². The minimum Gasteiger partial charge on any atom is -0.469 e. The van der Waals surface area contributed by atoms with Crippen LogP contribution in [0, 0.1) is 5.92 Å². The van der Waals surface area contributed by atoms with E-state index in [1.807, 2.05) is 0 Å². The molecule has 0 unspecified atom stereocenters. The van der Waals surface area contributed by atoms with Crippen LogP contribution in [0.5, 0.6) is 0 Å². The number of aliphatic hydroxyl groups excluding tert-OH is 1. The summed E-state index contributed by atoms with van der Waals surface area (Å²) in [5, 5.41) is 11.1. The lowest BCUT2D eigenvalue weighted by molar-refractivity contribution is -0.149. The second kappa shape index (κ2) is 8.35. The number of benzene rings is 1. The van der Waals surface area contributed by atoms with Crippen LogP contribution in [0.25, 0.3) is 0 Å². The smallest absolute Gasteiger partial charge is 0.311 e. The van der Waals surface area contributed by atoms with Crippen LogP contribution in [0.2, 0.25) is 5.02 Å². The maximum absolute atomic E-state index is 12.0. The second-order valence-electron chi connectivity index (χ2n) is 5.79. The molecule has 0 aromatic heterocycles. The van der Waals surface area contributed by atoms with Gasteiger partial charge in [0.05, 0.1) is 19.1 Å². The van der Waals surface area contributed by atoms with E-state index in [0.717, 1.165) is 12.8 Å². The van der Waals surface area contributed by atoms with Gasteiger partial charge in [-0.3, -0.25) is 4.79 Å². The highest BCUT2D eigenvalue weighted by molar-refractivity contribution is 6.30. The van der Waals surface area contributed by atoms with Gasteiger partial charge in [0, 0.05) is 5.02 Å². The second-order valence-corrected chi connectivity index (χ2v) is 6.22. The predicted molar refractivity (Wildman–Crippen MR) is 87.7 cm³/mol. The van der Waals surface area contributed by atoms with Crippen molar-refractivity contribution in [2.45, 2.75) is 44.6 Å². The van der Waals surface area contributed by atoms with E-state index in [-0.39, 0.29) is 5.97 Å². The molecule has 1 aromatic rings. The summed E-state index contributed by atoms with van der Waals surface area (Å²) in [6.45, 7) is 0. The summed E-state index contributed by atoms with van der Waals surface area (Å²) in [6, 6.07) is 6.99. The zero-order valence-corrected chi connectivity index (χ0v) is 13.7. The third-order valence-electron chi connectivity index (χ3n) is 4.23. The van der Waals surface area contributed by atoms with Gasteiger partial charge < -0.3 is 9.84 Å². The first-order chi connectivity index (χ1) is 10.6. The largest absolute Gasteiger partial charge is 0.469 e. The molecule has 0 aliphatic heterocycles. The van der Waals surface area contributed by atoms with E-state index >= 15 is 0 Å². The van der Waals surface area contributed by atoms with Crippen molar-refractivity contribution >= 4 is 17.6 Å². The zero-order chi connectivity index (χ0) is 15.9. The minimum absolute atomic E-state index is 0.389. The van der Waals surface area contributed by atoms with Gasteiger partial charge in [0.25, 0.3) is 0 Å². The van der Waals surface area contributed by atoms with Gasteiger partial charge >= 0.3 is 5.97 Å². The number of carbonyl (C=O) groups is 1. The summed E-state index contributed by atoms with van der Waals surface area (Å²) >= 11 is 5.97. The first kappa shape index (κ1) is 17.0. The molecule has 1 aliphatic carbocycles. The molecular formula is C18H23ClO3. The molecule has 4 heteroatoms. The molecule has 0 amide bonds. The van der Waals surface area contributed by atoms with E-state index in [2.05, 4.69) is 6.08 Å². The van der Waals surface area contributed by atoms with Crippen LogP contribution in [0.3, 0.4) is 0 Å². The van der Waals surface area contributed by atoms with Crippen molar-refractivity contribution in [3.05, 3.63) is 46.5 Å². The molecule has 3 nitrogen and oxygen atoms in total. The average molecular weight is 323 g/mol. The molecule has 0 heterocycles. The van der Waals surface area contributed by atoms with E-state index in [4.69, 9.17) is 16.3 Å². The number of carbonyl (C=O) groups excluding carboxylic acids is 1. The molecule has 22 heavy (non-hydrogen) atoms. The lowest BCUT2D eigenvalue weighted by Crippen LogP contribution is -2.23. The number of esters is 1. The van der Waals surface area contributed by atoms with Crippen molar-refractivity contribution in [1.82, 2.24) is 0 Å². The summed E-state index contributed by atoms with van der Waals surface area (Å²) in [5.74, 6) is -0.988. The van der Waals surface area contributed by atoms with E-state index in [1.165, 1.54) is 31.9 Å². The number of hydrogen-bond donors (Lipinski definition) is 1. The van der Waals surface area contributed by atoms with Crippen molar-refractivity contribution in [3.8, 4) is 0 Å². The van der Waals surface area contributed by atoms with Crippen LogP contribution < -0.4 is 0 Å². The summed E-state index contributed by atoms with van der Waals surface area (Å²) in [6.07, 6.45) is 7.60. The van der Waals surface area contributed by atoms with Crippen molar-refractivity contribution in [2.75, 3.05) is 7.11 Å². The molecule has 1 fully saturated rings. The molecule has 1 N–H and O–H groups in total. The number of ether oxygens (including phenoxy) is 1. The van der Waals surface area contributed by atoms with Crippen LogP contribution >= 0.6 is 11.6 Å². The molecule has 0 radical (unpaired) electrons. The lowest BCUT2D eigenvalue weighted by atomic mass is 9.89. The third kappa shape index (κ3) is 4.59. The molecule has 1 saturated carbocycles. The molecule has 2 rings (SSSR count). The van der Waals surface area contributed by atoms with Gasteiger partial charge in [-0.05, 0) is 49.8 Å². The van der Waals surface area contributed by atoms with Crippen molar-refractivity contribution < 1.29 is 14.6 Å². The van der Waals surface area contributed by atoms with Gasteiger partial charge in [-0.1, -0.05) is 41.8 Å². The average Bonchev–Trinajstić information content (AvgIpc) is 2.55. The summed E-state index contributed by atoms with van der Waals surface area (Å²) < 4.78 is 4.86. The topological polar surface area (TPSA) is 46.5 Å². The Balaban J connectivity index is 2.13. The van der Waals surface area contributed by atoms with Gasteiger partial charge in [0.15, 0.2) is 0 Å². The first-order valence-electron chi connectivity index (χ1n) is 7.81. The Hall–Kier alpha value is -1.32. The Kier molecular flexibility index (Phi) is 6.47. The number of aliphatic hydroxyl groups is 1. The minimum atomic E-state index is -0.911. The molecule has 120 valence electrons. The number of hydrogen-bond acceptors (Lipinski definition) is 3. The Morgan fingerprint density at radius 1 is 1.36 bits per heavy atom. The van der Waals surface area contributed by atoms with Crippen LogP contribution in [0.15, 0.2) is 35.9 Å². The van der Waals surface area contributed by atoms with Gasteiger partial charge in [-0.25, -0.2) is 0 Å². The highest BCUT2D eigenvalue weighted by Crippen LogP contribution is 2.30. The van der Waals surface area contributed by atoms with E-state index in [0.29, 0.717) is 17.0 Å². The van der Waals surface area contributed by atoms with Gasteiger partial charge in [-0.2, -0.15) is 0 Å². The quantitative estimate of drug-likeness (QED) is 0.643. The van der Waals surface area contributed by atoms with Crippen LogP contribution in [-0.2, 0) is 9.53 Å². The van der Waals surface area contributed by atoms with Gasteiger partial charge in [0.1, 0.15) is 0 Å². The summed E-state index contributed by atoms with van der Waals surface area (Å²) in [5.41, 5.74) is 2.03. The Bertz CT molecular complexity index is 531.